The number of hydrogen-bond donors (Lipinski definition) is 0. The molecule has 17 heavy (non-hydrogen) atoms. The van der Waals surface area contributed by atoms with Gasteiger partial charge < -0.3 is 22.2 Å². The highest BCUT2D eigenvalue weighted by atomic mass is 19.5. The molecule has 0 aromatic rings. The summed E-state index contributed by atoms with van der Waals surface area (Å²) in [6.45, 7) is 2.08. The Labute approximate surface area is 100 Å². The zero-order valence-electron chi connectivity index (χ0n) is 10.8. The lowest BCUT2D eigenvalue weighted by Crippen LogP contribution is -2.02. The molecule has 0 aliphatic carbocycles. The van der Waals surface area contributed by atoms with Crippen molar-refractivity contribution in [3.05, 3.63) is 23.9 Å². The van der Waals surface area contributed by atoms with Gasteiger partial charge in [-0.25, -0.2) is 4.58 Å². The van der Waals surface area contributed by atoms with Crippen LogP contribution in [-0.2, 0) is 0 Å². The first kappa shape index (κ1) is 18.1. The normalized spacial score (nSPS) is 11.9. The van der Waals surface area contributed by atoms with Crippen LogP contribution >= 0.6 is 0 Å². The molecule has 0 atom stereocenters. The molecule has 0 amide bonds. The van der Waals surface area contributed by atoms with Crippen LogP contribution in [0.1, 0.15) is 6.92 Å². The average Bonchev–Trinajstić information content (AvgIpc) is 2.08. The predicted molar refractivity (Wildman–Crippen MR) is 64.9 cm³/mol. The molecule has 0 aromatic carbocycles. The van der Waals surface area contributed by atoms with E-state index < -0.39 is 7.25 Å². The van der Waals surface area contributed by atoms with Crippen LogP contribution in [0, 0.1) is 0 Å². The maximum absolute atomic E-state index is 9.75. The minimum absolute atomic E-state index is 1.25. The minimum atomic E-state index is -6.00. The Balaban J connectivity index is 0. The molecule has 100 valence electrons. The molecule has 0 N–H and O–H groups in total. The zero-order valence-corrected chi connectivity index (χ0v) is 10.8. The zero-order chi connectivity index (χ0) is 14.1. The minimum Gasteiger partial charge on any atom is -0.418 e. The SMILES string of the molecule is CC(/C=C/N(C)C)=C\C=[N+](C)C.F[B-](F)(F)F. The summed E-state index contributed by atoms with van der Waals surface area (Å²) in [6, 6.07) is 0. The Morgan fingerprint density at radius 3 is 1.82 bits per heavy atom. The van der Waals surface area contributed by atoms with E-state index in [9.17, 15) is 17.3 Å². The predicted octanol–water partition coefficient (Wildman–Crippen LogP) is 2.65. The van der Waals surface area contributed by atoms with Gasteiger partial charge in [-0.3, -0.25) is 0 Å². The molecule has 0 unspecified atom stereocenters. The summed E-state index contributed by atoms with van der Waals surface area (Å²) in [7, 11) is 2.05. The van der Waals surface area contributed by atoms with Gasteiger partial charge in [0.15, 0.2) is 6.21 Å². The van der Waals surface area contributed by atoms with Gasteiger partial charge >= 0.3 is 7.25 Å². The lowest BCUT2D eigenvalue weighted by atomic mass is 10.3. The number of halogens is 4. The molecule has 0 rings (SSSR count). The quantitative estimate of drug-likeness (QED) is 0.247. The molecular formula is C10H19BF4N2. The molecule has 2 nitrogen and oxygen atoms in total. The smallest absolute Gasteiger partial charge is 0.418 e. The van der Waals surface area contributed by atoms with Gasteiger partial charge in [-0.2, -0.15) is 0 Å². The van der Waals surface area contributed by atoms with Gasteiger partial charge in [0.2, 0.25) is 0 Å². The fourth-order valence-electron chi connectivity index (χ4n) is 0.589. The Morgan fingerprint density at radius 2 is 1.53 bits per heavy atom. The summed E-state index contributed by atoms with van der Waals surface area (Å²) in [5.74, 6) is 0. The molecule has 0 saturated heterocycles. The number of hydrogen-bond acceptors (Lipinski definition) is 1. The number of allylic oxidation sites excluding steroid dienone is 3. The van der Waals surface area contributed by atoms with Gasteiger partial charge in [-0.15, -0.1) is 0 Å². The van der Waals surface area contributed by atoms with Gasteiger partial charge in [0, 0.05) is 20.2 Å². The van der Waals surface area contributed by atoms with Crippen molar-refractivity contribution in [1.82, 2.24) is 4.90 Å². The number of rotatable bonds is 3. The summed E-state index contributed by atoms with van der Waals surface area (Å²) in [6.07, 6.45) is 8.24. The molecule has 0 aliphatic rings. The van der Waals surface area contributed by atoms with Crippen molar-refractivity contribution in [1.29, 1.82) is 0 Å². The van der Waals surface area contributed by atoms with E-state index >= 15 is 0 Å². The standard InChI is InChI=1S/C10H19N2.BF4/c1-10(6-8-11(2)3)7-9-12(4)5;2-1(3,4)5/h6-9H,1-5H3;/q+1;-1. The molecule has 0 radical (unpaired) electrons. The molecule has 0 aromatic heterocycles. The Morgan fingerprint density at radius 1 is 1.12 bits per heavy atom. The van der Waals surface area contributed by atoms with E-state index in [0.29, 0.717) is 0 Å². The van der Waals surface area contributed by atoms with Crippen LogP contribution in [0.5, 0.6) is 0 Å². The highest BCUT2D eigenvalue weighted by Gasteiger charge is 2.20. The monoisotopic (exact) mass is 254 g/mol. The third-order valence-electron chi connectivity index (χ3n) is 1.27. The van der Waals surface area contributed by atoms with E-state index in [1.807, 2.05) is 50.1 Å². The van der Waals surface area contributed by atoms with E-state index in [1.165, 1.54) is 5.57 Å². The second kappa shape index (κ2) is 8.84. The van der Waals surface area contributed by atoms with Crippen LogP contribution in [0.3, 0.4) is 0 Å². The van der Waals surface area contributed by atoms with Crippen LogP contribution in [-0.4, -0.2) is 51.1 Å². The largest absolute Gasteiger partial charge is 0.673 e. The van der Waals surface area contributed by atoms with Crippen LogP contribution in [0.4, 0.5) is 17.3 Å². The van der Waals surface area contributed by atoms with Crippen LogP contribution in [0.15, 0.2) is 23.9 Å². The van der Waals surface area contributed by atoms with Crippen molar-refractivity contribution < 1.29 is 21.8 Å². The maximum atomic E-state index is 9.75. The molecule has 0 bridgehead atoms. The van der Waals surface area contributed by atoms with Crippen LogP contribution < -0.4 is 0 Å². The van der Waals surface area contributed by atoms with Gasteiger partial charge in [-0.05, 0) is 24.8 Å². The fraction of sp³-hybridized carbons (Fsp3) is 0.500. The maximum Gasteiger partial charge on any atom is 0.673 e. The first-order valence-electron chi connectivity index (χ1n) is 4.92. The summed E-state index contributed by atoms with van der Waals surface area (Å²) < 4.78 is 41.0. The van der Waals surface area contributed by atoms with Crippen molar-refractivity contribution in [2.45, 2.75) is 6.92 Å². The van der Waals surface area contributed by atoms with Gasteiger partial charge in [-0.1, -0.05) is 0 Å². The third-order valence-corrected chi connectivity index (χ3v) is 1.27. The number of nitrogens with zero attached hydrogens (tertiary/aromatic N) is 2. The van der Waals surface area contributed by atoms with Gasteiger partial charge in [0.05, 0.1) is 0 Å². The van der Waals surface area contributed by atoms with Crippen LogP contribution in [0.2, 0.25) is 0 Å². The summed E-state index contributed by atoms with van der Waals surface area (Å²) in [5, 5.41) is 0. The molecule has 7 heteroatoms. The molecule has 0 heterocycles. The third kappa shape index (κ3) is 31.3. The van der Waals surface area contributed by atoms with Crippen molar-refractivity contribution in [3.63, 3.8) is 0 Å². The molecule has 0 spiro atoms. The van der Waals surface area contributed by atoms with Crippen molar-refractivity contribution in [3.8, 4) is 0 Å². The highest BCUT2D eigenvalue weighted by molar-refractivity contribution is 6.50. The topological polar surface area (TPSA) is 6.25 Å². The lowest BCUT2D eigenvalue weighted by molar-refractivity contribution is -0.458. The van der Waals surface area contributed by atoms with Gasteiger partial charge in [0.1, 0.15) is 14.1 Å². The van der Waals surface area contributed by atoms with E-state index in [2.05, 4.69) is 19.1 Å². The Kier molecular flexibility index (Phi) is 9.41. The second-order valence-corrected chi connectivity index (χ2v) is 3.80. The van der Waals surface area contributed by atoms with Crippen LogP contribution in [0.25, 0.3) is 0 Å². The van der Waals surface area contributed by atoms with E-state index in [4.69, 9.17) is 0 Å². The second-order valence-electron chi connectivity index (χ2n) is 3.80. The molecular weight excluding hydrogens is 235 g/mol. The molecule has 0 fully saturated rings. The first-order chi connectivity index (χ1) is 7.52. The van der Waals surface area contributed by atoms with E-state index in [0.717, 1.165) is 0 Å². The van der Waals surface area contributed by atoms with Crippen molar-refractivity contribution >= 4 is 13.5 Å². The molecule has 0 aliphatic heterocycles. The fourth-order valence-corrected chi connectivity index (χ4v) is 0.589. The molecule has 0 saturated carbocycles. The summed E-state index contributed by atoms with van der Waals surface area (Å²) in [5.41, 5.74) is 1.25. The highest BCUT2D eigenvalue weighted by Crippen LogP contribution is 2.06. The average molecular weight is 254 g/mol. The lowest BCUT2D eigenvalue weighted by Gasteiger charge is -2.02. The van der Waals surface area contributed by atoms with E-state index in [-0.39, 0.29) is 0 Å². The van der Waals surface area contributed by atoms with Crippen molar-refractivity contribution in [2.24, 2.45) is 0 Å². The Bertz CT molecular complexity index is 283. The van der Waals surface area contributed by atoms with Gasteiger partial charge in [0.25, 0.3) is 0 Å². The van der Waals surface area contributed by atoms with E-state index in [1.54, 1.807) is 0 Å². The first-order valence-corrected chi connectivity index (χ1v) is 4.92. The summed E-state index contributed by atoms with van der Waals surface area (Å²) >= 11 is 0. The van der Waals surface area contributed by atoms with Crippen molar-refractivity contribution in [2.75, 3.05) is 28.2 Å². The Hall–Kier alpha value is -1.27. The summed E-state index contributed by atoms with van der Waals surface area (Å²) in [4.78, 5) is 2.02.